The summed E-state index contributed by atoms with van der Waals surface area (Å²) in [6.07, 6.45) is 5.85. The summed E-state index contributed by atoms with van der Waals surface area (Å²) in [6.45, 7) is 2.57. The maximum atomic E-state index is 12.4. The molecule has 0 bridgehead atoms. The highest BCUT2D eigenvalue weighted by molar-refractivity contribution is 6.30. The molecule has 0 aliphatic carbocycles. The maximum absolute atomic E-state index is 12.4. The molecule has 1 saturated heterocycles. The van der Waals surface area contributed by atoms with E-state index in [-0.39, 0.29) is 5.91 Å². The lowest BCUT2D eigenvalue weighted by Gasteiger charge is -2.32. The Hall–Kier alpha value is -1.81. The summed E-state index contributed by atoms with van der Waals surface area (Å²) in [5, 5.41) is 4.90. The molecule has 21 heavy (non-hydrogen) atoms. The number of halogens is 1. The number of amides is 1. The average molecular weight is 304 g/mol. The largest absolute Gasteiger partial charge is 0.339 e. The van der Waals surface area contributed by atoms with E-state index in [1.807, 2.05) is 21.8 Å². The second-order valence-electron chi connectivity index (χ2n) is 5.47. The van der Waals surface area contributed by atoms with Gasteiger partial charge in [0.05, 0.1) is 0 Å². The fourth-order valence-electron chi connectivity index (χ4n) is 2.77. The Kier molecular flexibility index (Phi) is 4.25. The van der Waals surface area contributed by atoms with Gasteiger partial charge in [-0.25, -0.2) is 0 Å². The molecule has 1 amide bonds. The Bertz CT molecular complexity index is 586. The van der Waals surface area contributed by atoms with E-state index in [0.29, 0.717) is 16.5 Å². The highest BCUT2D eigenvalue weighted by Gasteiger charge is 2.23. The van der Waals surface area contributed by atoms with Crippen molar-refractivity contribution in [2.75, 3.05) is 13.1 Å². The van der Waals surface area contributed by atoms with Gasteiger partial charge >= 0.3 is 0 Å². The van der Waals surface area contributed by atoms with E-state index in [1.165, 1.54) is 0 Å². The highest BCUT2D eigenvalue weighted by atomic mass is 35.5. The zero-order valence-corrected chi connectivity index (χ0v) is 12.5. The van der Waals surface area contributed by atoms with Gasteiger partial charge in [0, 0.05) is 42.6 Å². The van der Waals surface area contributed by atoms with E-state index >= 15 is 0 Å². The summed E-state index contributed by atoms with van der Waals surface area (Å²) in [5.41, 5.74) is 0.713. The van der Waals surface area contributed by atoms with Gasteiger partial charge in [0.25, 0.3) is 5.91 Å². The van der Waals surface area contributed by atoms with E-state index in [2.05, 4.69) is 5.10 Å². The van der Waals surface area contributed by atoms with Gasteiger partial charge in [-0.1, -0.05) is 11.6 Å². The predicted octanol–water partition coefficient (Wildman–Crippen LogP) is 3.09. The third kappa shape index (κ3) is 3.45. The van der Waals surface area contributed by atoms with Crippen LogP contribution in [-0.4, -0.2) is 33.7 Å². The van der Waals surface area contributed by atoms with Crippen molar-refractivity contribution in [3.05, 3.63) is 53.3 Å². The molecule has 0 saturated carbocycles. The van der Waals surface area contributed by atoms with Crippen LogP contribution in [0.15, 0.2) is 42.7 Å². The number of nitrogens with zero attached hydrogens (tertiary/aromatic N) is 3. The molecule has 2 heterocycles. The predicted molar refractivity (Wildman–Crippen MR) is 82.3 cm³/mol. The lowest BCUT2D eigenvalue weighted by Crippen LogP contribution is -2.39. The van der Waals surface area contributed by atoms with E-state index in [4.69, 9.17) is 11.6 Å². The van der Waals surface area contributed by atoms with Gasteiger partial charge in [-0.15, -0.1) is 0 Å². The number of carbonyl (C=O) groups is 1. The molecule has 5 heteroatoms. The molecule has 110 valence electrons. The van der Waals surface area contributed by atoms with Gasteiger partial charge < -0.3 is 4.90 Å². The van der Waals surface area contributed by atoms with Gasteiger partial charge in [-0.05, 0) is 49.1 Å². The Morgan fingerprint density at radius 2 is 1.95 bits per heavy atom. The van der Waals surface area contributed by atoms with Crippen molar-refractivity contribution in [2.45, 2.75) is 19.4 Å². The molecule has 1 aromatic heterocycles. The van der Waals surface area contributed by atoms with Gasteiger partial charge in [0.1, 0.15) is 0 Å². The smallest absolute Gasteiger partial charge is 0.253 e. The van der Waals surface area contributed by atoms with Crippen molar-refractivity contribution >= 4 is 17.5 Å². The van der Waals surface area contributed by atoms with Crippen molar-refractivity contribution in [3.63, 3.8) is 0 Å². The van der Waals surface area contributed by atoms with Gasteiger partial charge in [0.2, 0.25) is 0 Å². The van der Waals surface area contributed by atoms with Crippen molar-refractivity contribution in [2.24, 2.45) is 5.92 Å². The zero-order valence-electron chi connectivity index (χ0n) is 11.8. The summed E-state index contributed by atoms with van der Waals surface area (Å²) in [5.74, 6) is 0.698. The van der Waals surface area contributed by atoms with E-state index < -0.39 is 0 Å². The molecule has 3 rings (SSSR count). The SMILES string of the molecule is O=C(c1ccc(Cl)cc1)N1CCC(Cn2cccn2)CC1. The number of hydrogen-bond donors (Lipinski definition) is 0. The Balaban J connectivity index is 1.55. The first-order chi connectivity index (χ1) is 10.2. The number of likely N-dealkylation sites (tertiary alicyclic amines) is 1. The van der Waals surface area contributed by atoms with Crippen LogP contribution in [-0.2, 0) is 6.54 Å². The van der Waals surface area contributed by atoms with Crippen LogP contribution in [0.2, 0.25) is 5.02 Å². The summed E-state index contributed by atoms with van der Waals surface area (Å²) in [7, 11) is 0. The Morgan fingerprint density at radius 3 is 2.57 bits per heavy atom. The molecule has 0 unspecified atom stereocenters. The number of aromatic nitrogens is 2. The zero-order chi connectivity index (χ0) is 14.7. The summed E-state index contributed by atoms with van der Waals surface area (Å²) in [4.78, 5) is 14.3. The molecule has 4 nitrogen and oxygen atoms in total. The number of piperidine rings is 1. The molecule has 0 N–H and O–H groups in total. The topological polar surface area (TPSA) is 38.1 Å². The normalized spacial score (nSPS) is 16.1. The Labute approximate surface area is 129 Å². The van der Waals surface area contributed by atoms with Crippen molar-refractivity contribution in [1.29, 1.82) is 0 Å². The van der Waals surface area contributed by atoms with E-state index in [9.17, 15) is 4.79 Å². The monoisotopic (exact) mass is 303 g/mol. The maximum Gasteiger partial charge on any atom is 0.253 e. The fraction of sp³-hybridized carbons (Fsp3) is 0.375. The van der Waals surface area contributed by atoms with Crippen LogP contribution in [0.5, 0.6) is 0 Å². The van der Waals surface area contributed by atoms with Crippen LogP contribution in [0.3, 0.4) is 0 Å². The quantitative estimate of drug-likeness (QED) is 0.874. The molecular formula is C16H18ClN3O. The fourth-order valence-corrected chi connectivity index (χ4v) is 2.89. The van der Waals surface area contributed by atoms with Gasteiger partial charge in [-0.2, -0.15) is 5.10 Å². The molecule has 2 aromatic rings. The summed E-state index contributed by atoms with van der Waals surface area (Å²) >= 11 is 5.86. The van der Waals surface area contributed by atoms with Crippen LogP contribution < -0.4 is 0 Å². The van der Waals surface area contributed by atoms with E-state index in [1.54, 1.807) is 30.5 Å². The number of hydrogen-bond acceptors (Lipinski definition) is 2. The molecule has 1 aromatic carbocycles. The van der Waals surface area contributed by atoms with E-state index in [0.717, 1.165) is 32.5 Å². The molecule has 1 fully saturated rings. The summed E-state index contributed by atoms with van der Waals surface area (Å²) < 4.78 is 1.97. The molecule has 0 atom stereocenters. The molecular weight excluding hydrogens is 286 g/mol. The minimum atomic E-state index is 0.101. The third-order valence-corrected chi connectivity index (χ3v) is 4.25. The van der Waals surface area contributed by atoms with Crippen LogP contribution >= 0.6 is 11.6 Å². The first-order valence-corrected chi connectivity index (χ1v) is 7.62. The van der Waals surface area contributed by atoms with Crippen LogP contribution in [0.1, 0.15) is 23.2 Å². The lowest BCUT2D eigenvalue weighted by atomic mass is 9.96. The second kappa shape index (κ2) is 6.31. The molecule has 1 aliphatic heterocycles. The first-order valence-electron chi connectivity index (χ1n) is 7.24. The van der Waals surface area contributed by atoms with Crippen molar-refractivity contribution < 1.29 is 4.79 Å². The van der Waals surface area contributed by atoms with Crippen LogP contribution in [0, 0.1) is 5.92 Å². The number of carbonyl (C=O) groups excluding carboxylic acids is 1. The van der Waals surface area contributed by atoms with Crippen molar-refractivity contribution in [3.8, 4) is 0 Å². The van der Waals surface area contributed by atoms with Crippen molar-refractivity contribution in [1.82, 2.24) is 14.7 Å². The number of rotatable bonds is 3. The van der Waals surface area contributed by atoms with Gasteiger partial charge in [0.15, 0.2) is 0 Å². The lowest BCUT2D eigenvalue weighted by molar-refractivity contribution is 0.0681. The molecule has 0 spiro atoms. The highest BCUT2D eigenvalue weighted by Crippen LogP contribution is 2.21. The number of benzene rings is 1. The molecule has 1 aliphatic rings. The minimum Gasteiger partial charge on any atom is -0.339 e. The van der Waals surface area contributed by atoms with Crippen LogP contribution in [0.4, 0.5) is 0 Å². The minimum absolute atomic E-state index is 0.101. The molecule has 0 radical (unpaired) electrons. The van der Waals surface area contributed by atoms with Gasteiger partial charge in [-0.3, -0.25) is 9.48 Å². The first kappa shape index (κ1) is 14.1. The second-order valence-corrected chi connectivity index (χ2v) is 5.91. The van der Waals surface area contributed by atoms with Crippen LogP contribution in [0.25, 0.3) is 0 Å². The third-order valence-electron chi connectivity index (χ3n) is 4.00. The average Bonchev–Trinajstić information content (AvgIpc) is 3.01. The summed E-state index contributed by atoms with van der Waals surface area (Å²) in [6, 6.07) is 9.05. The standard InChI is InChI=1S/C16H18ClN3O/c17-15-4-2-14(3-5-15)16(21)19-10-6-13(7-11-19)12-20-9-1-8-18-20/h1-5,8-9,13H,6-7,10-12H2. The Morgan fingerprint density at radius 1 is 1.24 bits per heavy atom.